The molecule has 2 N–H and O–H groups in total. The normalized spacial score (nSPS) is 13.0. The van der Waals surface area contributed by atoms with Crippen molar-refractivity contribution in [3.8, 4) is 11.1 Å². The van der Waals surface area contributed by atoms with Gasteiger partial charge in [0.2, 0.25) is 0 Å². The van der Waals surface area contributed by atoms with E-state index in [9.17, 15) is 24.8 Å². The quantitative estimate of drug-likeness (QED) is 0.428. The zero-order valence-electron chi connectivity index (χ0n) is 16.9. The highest BCUT2D eigenvalue weighted by molar-refractivity contribution is 5.81. The molecule has 0 unspecified atom stereocenters. The number of nitrogens with zero attached hydrogens (tertiary/aromatic N) is 1. The number of amides is 1. The maximum absolute atomic E-state index is 12.4. The van der Waals surface area contributed by atoms with E-state index >= 15 is 0 Å². The first-order valence-electron chi connectivity index (χ1n) is 10.0. The summed E-state index contributed by atoms with van der Waals surface area (Å²) in [7, 11) is 0. The summed E-state index contributed by atoms with van der Waals surface area (Å²) in [5.74, 6) is -1.47. The van der Waals surface area contributed by atoms with Crippen LogP contribution in [-0.2, 0) is 16.0 Å². The molecule has 1 atom stereocenters. The third-order valence-electron chi connectivity index (χ3n) is 5.55. The highest BCUT2D eigenvalue weighted by Gasteiger charge is 2.30. The molecule has 162 valence electrons. The maximum Gasteiger partial charge on any atom is 0.407 e. The van der Waals surface area contributed by atoms with Crippen LogP contribution in [0.4, 0.5) is 10.5 Å². The number of nitrogens with one attached hydrogen (secondary N) is 1. The topological polar surface area (TPSA) is 119 Å². The van der Waals surface area contributed by atoms with Gasteiger partial charge in [0.05, 0.1) is 4.92 Å². The molecule has 0 aliphatic heterocycles. The summed E-state index contributed by atoms with van der Waals surface area (Å²) in [6.45, 7) is 0.0394. The van der Waals surface area contributed by atoms with Crippen molar-refractivity contribution >= 4 is 17.7 Å². The molecule has 8 heteroatoms. The smallest absolute Gasteiger partial charge is 0.407 e. The lowest BCUT2D eigenvalue weighted by molar-refractivity contribution is -0.385. The first kappa shape index (κ1) is 21.0. The van der Waals surface area contributed by atoms with E-state index in [-0.39, 0.29) is 30.2 Å². The van der Waals surface area contributed by atoms with Crippen LogP contribution in [0.15, 0.2) is 72.8 Å². The van der Waals surface area contributed by atoms with Crippen LogP contribution in [0, 0.1) is 10.1 Å². The number of carboxylic acid groups (broad SMARTS) is 1. The molecule has 0 fully saturated rings. The number of benzene rings is 3. The summed E-state index contributed by atoms with van der Waals surface area (Å²) in [4.78, 5) is 34.7. The van der Waals surface area contributed by atoms with Crippen molar-refractivity contribution in [3.63, 3.8) is 0 Å². The second kappa shape index (κ2) is 8.89. The van der Waals surface area contributed by atoms with Crippen LogP contribution in [0.5, 0.6) is 0 Å². The molecule has 8 nitrogen and oxygen atoms in total. The summed E-state index contributed by atoms with van der Waals surface area (Å²) in [6.07, 6.45) is -1.13. The zero-order chi connectivity index (χ0) is 22.7. The van der Waals surface area contributed by atoms with Gasteiger partial charge in [0.25, 0.3) is 5.69 Å². The van der Waals surface area contributed by atoms with Crippen LogP contribution in [0.25, 0.3) is 11.1 Å². The van der Waals surface area contributed by atoms with Crippen molar-refractivity contribution in [3.05, 3.63) is 99.6 Å². The first-order valence-corrected chi connectivity index (χ1v) is 10.0. The predicted octanol–water partition coefficient (Wildman–Crippen LogP) is 4.13. The van der Waals surface area contributed by atoms with Gasteiger partial charge in [-0.1, -0.05) is 66.7 Å². The lowest BCUT2D eigenvalue weighted by atomic mass is 9.98. The summed E-state index contributed by atoms with van der Waals surface area (Å²) >= 11 is 0. The number of carbonyl (C=O) groups excluding carboxylic acids is 1. The van der Waals surface area contributed by atoms with E-state index in [2.05, 4.69) is 5.32 Å². The van der Waals surface area contributed by atoms with Crippen LogP contribution in [0.2, 0.25) is 0 Å². The number of nitro groups is 1. The van der Waals surface area contributed by atoms with Crippen molar-refractivity contribution in [2.75, 3.05) is 6.61 Å². The van der Waals surface area contributed by atoms with Crippen LogP contribution in [-0.4, -0.2) is 34.7 Å². The lowest BCUT2D eigenvalue weighted by Crippen LogP contribution is -2.43. The third-order valence-corrected chi connectivity index (χ3v) is 5.55. The molecule has 32 heavy (non-hydrogen) atoms. The number of hydrogen-bond acceptors (Lipinski definition) is 5. The second-order valence-electron chi connectivity index (χ2n) is 7.45. The minimum Gasteiger partial charge on any atom is -0.480 e. The number of carboxylic acids is 1. The fraction of sp³-hybridized carbons (Fsp3) is 0.167. The number of para-hydroxylation sites is 1. The number of alkyl carbamates (subject to hydrolysis) is 1. The highest BCUT2D eigenvalue weighted by Crippen LogP contribution is 2.44. The highest BCUT2D eigenvalue weighted by atomic mass is 16.6. The number of carbonyl (C=O) groups is 2. The Labute approximate surface area is 183 Å². The molecule has 0 bridgehead atoms. The van der Waals surface area contributed by atoms with E-state index < -0.39 is 23.0 Å². The summed E-state index contributed by atoms with van der Waals surface area (Å²) in [6, 6.07) is 20.2. The largest absolute Gasteiger partial charge is 0.480 e. The summed E-state index contributed by atoms with van der Waals surface area (Å²) in [5, 5.41) is 23.0. The van der Waals surface area contributed by atoms with Crippen molar-refractivity contribution < 1.29 is 24.4 Å². The summed E-state index contributed by atoms with van der Waals surface area (Å²) in [5.41, 5.74) is 4.25. The van der Waals surface area contributed by atoms with Gasteiger partial charge in [-0.3, -0.25) is 10.1 Å². The van der Waals surface area contributed by atoms with Crippen molar-refractivity contribution in [1.82, 2.24) is 5.32 Å². The first-order chi connectivity index (χ1) is 15.5. The van der Waals surface area contributed by atoms with Gasteiger partial charge >= 0.3 is 12.1 Å². The fourth-order valence-corrected chi connectivity index (χ4v) is 4.06. The molecule has 1 aliphatic rings. The van der Waals surface area contributed by atoms with Crippen molar-refractivity contribution in [2.45, 2.75) is 18.4 Å². The number of nitro benzene ring substituents is 1. The van der Waals surface area contributed by atoms with Gasteiger partial charge in [-0.05, 0) is 22.3 Å². The van der Waals surface area contributed by atoms with Crippen LogP contribution < -0.4 is 5.32 Å². The Balaban J connectivity index is 1.45. The molecule has 0 saturated carbocycles. The average molecular weight is 432 g/mol. The number of aliphatic carboxylic acids is 1. The van der Waals surface area contributed by atoms with E-state index in [4.69, 9.17) is 4.74 Å². The number of rotatable bonds is 7. The van der Waals surface area contributed by atoms with Crippen LogP contribution in [0.3, 0.4) is 0 Å². The Hall–Kier alpha value is -4.20. The van der Waals surface area contributed by atoms with Gasteiger partial charge in [-0.15, -0.1) is 0 Å². The molecule has 1 amide bonds. The number of hydrogen-bond donors (Lipinski definition) is 2. The molecule has 0 aromatic heterocycles. The van der Waals surface area contributed by atoms with E-state index in [1.165, 1.54) is 18.2 Å². The Morgan fingerprint density at radius 2 is 1.53 bits per heavy atom. The van der Waals surface area contributed by atoms with E-state index in [1.807, 2.05) is 48.5 Å². The molecule has 0 radical (unpaired) electrons. The fourth-order valence-electron chi connectivity index (χ4n) is 4.06. The summed E-state index contributed by atoms with van der Waals surface area (Å²) < 4.78 is 5.39. The average Bonchev–Trinajstić information content (AvgIpc) is 3.11. The monoisotopic (exact) mass is 432 g/mol. The predicted molar refractivity (Wildman–Crippen MR) is 116 cm³/mol. The third kappa shape index (κ3) is 4.15. The molecule has 1 aliphatic carbocycles. The molecule has 0 saturated heterocycles. The Kier molecular flexibility index (Phi) is 5.85. The van der Waals surface area contributed by atoms with Gasteiger partial charge < -0.3 is 15.2 Å². The molecular weight excluding hydrogens is 412 g/mol. The van der Waals surface area contributed by atoms with Gasteiger partial charge in [0.1, 0.15) is 12.6 Å². The van der Waals surface area contributed by atoms with Gasteiger partial charge in [0.15, 0.2) is 0 Å². The zero-order valence-corrected chi connectivity index (χ0v) is 16.9. The second-order valence-corrected chi connectivity index (χ2v) is 7.45. The van der Waals surface area contributed by atoms with Gasteiger partial charge in [-0.2, -0.15) is 0 Å². The van der Waals surface area contributed by atoms with E-state index in [0.717, 1.165) is 22.3 Å². The Morgan fingerprint density at radius 3 is 2.12 bits per heavy atom. The van der Waals surface area contributed by atoms with Gasteiger partial charge in [-0.25, -0.2) is 9.59 Å². The van der Waals surface area contributed by atoms with Crippen LogP contribution >= 0.6 is 0 Å². The lowest BCUT2D eigenvalue weighted by Gasteiger charge is -2.17. The Morgan fingerprint density at radius 1 is 0.969 bits per heavy atom. The van der Waals surface area contributed by atoms with E-state index in [1.54, 1.807) is 6.07 Å². The van der Waals surface area contributed by atoms with Crippen LogP contribution in [0.1, 0.15) is 22.6 Å². The van der Waals surface area contributed by atoms with Crippen molar-refractivity contribution in [1.29, 1.82) is 0 Å². The molecular formula is C24H20N2O6. The molecule has 0 spiro atoms. The molecule has 4 rings (SSSR count). The maximum atomic E-state index is 12.4. The minimum atomic E-state index is -1.37. The minimum absolute atomic E-state index is 0.0394. The Bertz CT molecular complexity index is 1150. The van der Waals surface area contributed by atoms with Crippen molar-refractivity contribution in [2.24, 2.45) is 0 Å². The SMILES string of the molecule is O=C(N[C@H](Cc1ccccc1[N+](=O)[O-])C(=O)O)OCC1c2ccccc2-c2ccccc21. The number of fused-ring (bicyclic) bond motifs is 3. The standard InChI is InChI=1S/C24H20N2O6/c27-23(28)21(13-15-7-1-6-12-22(15)26(30)31)25-24(29)32-14-20-18-10-4-2-8-16(18)17-9-3-5-11-19(17)20/h1-12,20-21H,13-14H2,(H,25,29)(H,27,28)/t21-/m1/s1. The molecule has 0 heterocycles. The van der Waals surface area contributed by atoms with E-state index in [0.29, 0.717) is 0 Å². The van der Waals surface area contributed by atoms with Gasteiger partial charge in [0, 0.05) is 24.0 Å². The number of ether oxygens (including phenoxy) is 1. The molecule has 3 aromatic rings. The molecule has 3 aromatic carbocycles.